The molecule has 154 valence electrons. The third-order valence-corrected chi connectivity index (χ3v) is 5.55. The molecule has 1 heterocycles. The molecule has 0 radical (unpaired) electrons. The van der Waals surface area contributed by atoms with E-state index in [1.54, 1.807) is 7.11 Å². The molecule has 1 aliphatic rings. The third kappa shape index (κ3) is 9.73. The Balaban J connectivity index is 1.59. The Bertz CT molecular complexity index is 462. The van der Waals surface area contributed by atoms with E-state index in [0.717, 1.165) is 19.3 Å². The molecule has 1 fully saturated rings. The molecule has 0 aromatic heterocycles. The summed E-state index contributed by atoms with van der Waals surface area (Å²) in [7, 11) is 1.74. The second-order valence-electron chi connectivity index (χ2n) is 7.93. The summed E-state index contributed by atoms with van der Waals surface area (Å²) in [4.78, 5) is 0. The molecule has 27 heavy (non-hydrogen) atoms. The summed E-state index contributed by atoms with van der Waals surface area (Å²) in [6.07, 6.45) is 15.6. The first-order chi connectivity index (χ1) is 13.3. The highest BCUT2D eigenvalue weighted by Gasteiger charge is 2.29. The Labute approximate surface area is 166 Å². The highest BCUT2D eigenvalue weighted by atomic mass is 16.7. The molecule has 0 N–H and O–H groups in total. The zero-order chi connectivity index (χ0) is 19.2. The standard InChI is InChI=1S/C24H40O3/c1-3-4-5-6-7-8-9-10-14-17-22-18-23(19-24(25-2)27-22)26-20-21-15-12-11-13-16-21/h11-13,15-16,22-24H,3-10,14,17-20H2,1-2H3/t22-,23+,24+/m1/s1. The summed E-state index contributed by atoms with van der Waals surface area (Å²) < 4.78 is 17.7. The third-order valence-electron chi connectivity index (χ3n) is 5.55. The number of unbranched alkanes of at least 4 members (excludes halogenated alkanes) is 8. The lowest BCUT2D eigenvalue weighted by atomic mass is 9.99. The highest BCUT2D eigenvalue weighted by molar-refractivity contribution is 5.13. The number of methoxy groups -OCH3 is 1. The van der Waals surface area contributed by atoms with Crippen molar-refractivity contribution in [2.45, 2.75) is 109 Å². The van der Waals surface area contributed by atoms with E-state index >= 15 is 0 Å². The molecule has 1 aliphatic heterocycles. The van der Waals surface area contributed by atoms with Crippen molar-refractivity contribution in [2.24, 2.45) is 0 Å². The van der Waals surface area contributed by atoms with E-state index in [4.69, 9.17) is 14.2 Å². The normalized spacial score (nSPS) is 22.8. The van der Waals surface area contributed by atoms with E-state index in [0.29, 0.717) is 6.61 Å². The maximum Gasteiger partial charge on any atom is 0.160 e. The monoisotopic (exact) mass is 376 g/mol. The van der Waals surface area contributed by atoms with Crippen molar-refractivity contribution in [3.63, 3.8) is 0 Å². The van der Waals surface area contributed by atoms with Gasteiger partial charge in [-0.15, -0.1) is 0 Å². The van der Waals surface area contributed by atoms with Crippen molar-refractivity contribution in [1.82, 2.24) is 0 Å². The summed E-state index contributed by atoms with van der Waals surface area (Å²) in [6, 6.07) is 10.4. The van der Waals surface area contributed by atoms with Gasteiger partial charge in [-0.05, 0) is 12.0 Å². The molecule has 1 aromatic rings. The SMILES string of the molecule is CCCCCCCCCCC[C@@H]1C[C@H](OCc2ccccc2)C[C@@H](OC)O1. The molecule has 2 rings (SSSR count). The van der Waals surface area contributed by atoms with E-state index in [1.807, 2.05) is 6.07 Å². The van der Waals surface area contributed by atoms with Gasteiger partial charge >= 0.3 is 0 Å². The smallest absolute Gasteiger partial charge is 0.160 e. The van der Waals surface area contributed by atoms with Gasteiger partial charge in [0.25, 0.3) is 0 Å². The Morgan fingerprint density at radius 1 is 0.889 bits per heavy atom. The van der Waals surface area contributed by atoms with Gasteiger partial charge in [-0.2, -0.15) is 0 Å². The van der Waals surface area contributed by atoms with Crippen molar-refractivity contribution in [1.29, 1.82) is 0 Å². The van der Waals surface area contributed by atoms with E-state index < -0.39 is 0 Å². The number of hydrogen-bond acceptors (Lipinski definition) is 3. The molecule has 3 nitrogen and oxygen atoms in total. The van der Waals surface area contributed by atoms with Gasteiger partial charge in [-0.25, -0.2) is 0 Å². The number of rotatable bonds is 14. The van der Waals surface area contributed by atoms with Crippen molar-refractivity contribution >= 4 is 0 Å². The molecule has 3 atom stereocenters. The van der Waals surface area contributed by atoms with Gasteiger partial charge in [0, 0.05) is 20.0 Å². The van der Waals surface area contributed by atoms with Crippen LogP contribution in [0.25, 0.3) is 0 Å². The minimum atomic E-state index is -0.122. The van der Waals surface area contributed by atoms with Gasteiger partial charge in [-0.3, -0.25) is 0 Å². The average Bonchev–Trinajstić information content (AvgIpc) is 2.71. The van der Waals surface area contributed by atoms with Crippen molar-refractivity contribution in [3.05, 3.63) is 35.9 Å². The summed E-state index contributed by atoms with van der Waals surface area (Å²) >= 11 is 0. The maximum atomic E-state index is 6.16. The zero-order valence-corrected chi connectivity index (χ0v) is 17.5. The first kappa shape index (κ1) is 22.4. The lowest BCUT2D eigenvalue weighted by Crippen LogP contribution is -2.37. The Kier molecular flexibility index (Phi) is 11.7. The van der Waals surface area contributed by atoms with Gasteiger partial charge in [0.15, 0.2) is 6.29 Å². The van der Waals surface area contributed by atoms with Crippen LogP contribution in [0.15, 0.2) is 30.3 Å². The quantitative estimate of drug-likeness (QED) is 0.340. The summed E-state index contributed by atoms with van der Waals surface area (Å²) in [5.74, 6) is 0. The highest BCUT2D eigenvalue weighted by Crippen LogP contribution is 2.27. The van der Waals surface area contributed by atoms with Gasteiger partial charge in [-0.1, -0.05) is 95.0 Å². The Hall–Kier alpha value is -0.900. The summed E-state index contributed by atoms with van der Waals surface area (Å²) in [6.45, 7) is 2.95. The topological polar surface area (TPSA) is 27.7 Å². The molecular formula is C24H40O3. The Morgan fingerprint density at radius 3 is 2.22 bits per heavy atom. The first-order valence-electron chi connectivity index (χ1n) is 11.2. The van der Waals surface area contributed by atoms with E-state index in [1.165, 1.54) is 63.4 Å². The maximum absolute atomic E-state index is 6.16. The molecule has 3 heteroatoms. The molecular weight excluding hydrogens is 336 g/mol. The van der Waals surface area contributed by atoms with Crippen molar-refractivity contribution < 1.29 is 14.2 Å². The molecule has 0 spiro atoms. The van der Waals surface area contributed by atoms with E-state index in [2.05, 4.69) is 31.2 Å². The molecule has 0 bridgehead atoms. The van der Waals surface area contributed by atoms with E-state index in [9.17, 15) is 0 Å². The molecule has 0 aliphatic carbocycles. The van der Waals surface area contributed by atoms with Gasteiger partial charge in [0.2, 0.25) is 0 Å². The minimum absolute atomic E-state index is 0.122. The van der Waals surface area contributed by atoms with Crippen LogP contribution < -0.4 is 0 Å². The van der Waals surface area contributed by atoms with Crippen LogP contribution in [0.3, 0.4) is 0 Å². The minimum Gasteiger partial charge on any atom is -0.373 e. The van der Waals surface area contributed by atoms with Crippen molar-refractivity contribution in [3.8, 4) is 0 Å². The first-order valence-corrected chi connectivity index (χ1v) is 11.2. The fourth-order valence-corrected chi connectivity index (χ4v) is 3.87. The van der Waals surface area contributed by atoms with Gasteiger partial charge < -0.3 is 14.2 Å². The van der Waals surface area contributed by atoms with Crippen LogP contribution >= 0.6 is 0 Å². The lowest BCUT2D eigenvalue weighted by Gasteiger charge is -2.34. The predicted octanol–water partition coefficient (Wildman–Crippen LogP) is 6.64. The van der Waals surface area contributed by atoms with E-state index in [-0.39, 0.29) is 18.5 Å². The lowest BCUT2D eigenvalue weighted by molar-refractivity contribution is -0.213. The number of hydrogen-bond donors (Lipinski definition) is 0. The second kappa shape index (κ2) is 14.1. The summed E-state index contributed by atoms with van der Waals surface area (Å²) in [5.41, 5.74) is 1.23. The van der Waals surface area contributed by atoms with Crippen molar-refractivity contribution in [2.75, 3.05) is 7.11 Å². The van der Waals surface area contributed by atoms with Crippen LogP contribution in [0.5, 0.6) is 0 Å². The number of benzene rings is 1. The molecule has 0 amide bonds. The van der Waals surface area contributed by atoms with Gasteiger partial charge in [0.1, 0.15) is 0 Å². The molecule has 0 unspecified atom stereocenters. The van der Waals surface area contributed by atoms with Crippen LogP contribution in [-0.4, -0.2) is 25.6 Å². The van der Waals surface area contributed by atoms with Crippen LogP contribution in [0.4, 0.5) is 0 Å². The molecule has 1 saturated heterocycles. The summed E-state index contributed by atoms with van der Waals surface area (Å²) in [5, 5.41) is 0. The fraction of sp³-hybridized carbons (Fsp3) is 0.750. The van der Waals surface area contributed by atoms with Crippen LogP contribution in [0.1, 0.15) is 89.5 Å². The zero-order valence-electron chi connectivity index (χ0n) is 17.5. The number of ether oxygens (including phenoxy) is 3. The van der Waals surface area contributed by atoms with Gasteiger partial charge in [0.05, 0.1) is 18.8 Å². The Morgan fingerprint density at radius 2 is 1.56 bits per heavy atom. The predicted molar refractivity (Wildman–Crippen MR) is 112 cm³/mol. The second-order valence-corrected chi connectivity index (χ2v) is 7.93. The molecule has 1 aromatic carbocycles. The fourth-order valence-electron chi connectivity index (χ4n) is 3.87. The molecule has 0 saturated carbocycles. The average molecular weight is 377 g/mol. The van der Waals surface area contributed by atoms with Crippen LogP contribution in [0.2, 0.25) is 0 Å². The van der Waals surface area contributed by atoms with Crippen LogP contribution in [0, 0.1) is 0 Å². The largest absolute Gasteiger partial charge is 0.373 e. The van der Waals surface area contributed by atoms with Crippen LogP contribution in [-0.2, 0) is 20.8 Å².